The van der Waals surface area contributed by atoms with Crippen LogP contribution in [0.25, 0.3) is 10.9 Å². The van der Waals surface area contributed by atoms with Gasteiger partial charge in [0.2, 0.25) is 6.79 Å². The first-order valence-electron chi connectivity index (χ1n) is 11.3. The first-order valence-corrected chi connectivity index (χ1v) is 11.7. The van der Waals surface area contributed by atoms with Crippen LogP contribution in [0.15, 0.2) is 41.2 Å². The molecular formula is C24H24N4O6S. The SMILES string of the molecule is CCOC(=O)N1CCN(C(=O)c2ccc3c(=O)n(Cc4ccc5c(c4)OCO5)c(=S)[nH]c3c2)CC1. The van der Waals surface area contributed by atoms with Gasteiger partial charge in [-0.3, -0.25) is 14.2 Å². The Morgan fingerprint density at radius 3 is 2.54 bits per heavy atom. The summed E-state index contributed by atoms with van der Waals surface area (Å²) in [6.07, 6.45) is -0.366. The number of carbonyl (C=O) groups is 2. The summed E-state index contributed by atoms with van der Waals surface area (Å²) in [5, 5.41) is 0.433. The van der Waals surface area contributed by atoms with Crippen LogP contribution >= 0.6 is 12.2 Å². The predicted octanol–water partition coefficient (Wildman–Crippen LogP) is 2.75. The van der Waals surface area contributed by atoms with Crippen LogP contribution < -0.4 is 15.0 Å². The van der Waals surface area contributed by atoms with Crippen LogP contribution in [0.2, 0.25) is 0 Å². The van der Waals surface area contributed by atoms with Crippen molar-refractivity contribution < 1.29 is 23.8 Å². The Morgan fingerprint density at radius 1 is 1.03 bits per heavy atom. The van der Waals surface area contributed by atoms with Crippen molar-refractivity contribution >= 4 is 35.1 Å². The fraction of sp³-hybridized carbons (Fsp3) is 0.333. The highest BCUT2D eigenvalue weighted by Gasteiger charge is 2.26. The Bertz CT molecular complexity index is 1420. The molecule has 10 nitrogen and oxygen atoms in total. The fourth-order valence-corrected chi connectivity index (χ4v) is 4.50. The highest BCUT2D eigenvalue weighted by Crippen LogP contribution is 2.32. The minimum absolute atomic E-state index is 0.167. The number of nitrogens with one attached hydrogen (secondary N) is 1. The number of hydrogen-bond donors (Lipinski definition) is 1. The van der Waals surface area contributed by atoms with E-state index in [1.807, 2.05) is 12.1 Å². The first kappa shape index (κ1) is 22.9. The topological polar surface area (TPSA) is 106 Å². The van der Waals surface area contributed by atoms with Crippen LogP contribution in [0.4, 0.5) is 4.79 Å². The number of piperazine rings is 1. The van der Waals surface area contributed by atoms with E-state index in [9.17, 15) is 14.4 Å². The lowest BCUT2D eigenvalue weighted by atomic mass is 10.1. The van der Waals surface area contributed by atoms with Gasteiger partial charge in [-0.25, -0.2) is 4.79 Å². The number of aromatic amines is 1. The molecule has 2 aliphatic rings. The van der Waals surface area contributed by atoms with E-state index in [4.69, 9.17) is 26.4 Å². The van der Waals surface area contributed by atoms with Crippen LogP contribution in [0.1, 0.15) is 22.8 Å². The molecule has 11 heteroatoms. The fourth-order valence-electron chi connectivity index (χ4n) is 4.24. The van der Waals surface area contributed by atoms with Gasteiger partial charge in [0.1, 0.15) is 0 Å². The maximum atomic E-state index is 13.2. The molecule has 0 bridgehead atoms. The summed E-state index contributed by atoms with van der Waals surface area (Å²) in [7, 11) is 0. The van der Waals surface area contributed by atoms with Crippen LogP contribution in [0, 0.1) is 4.77 Å². The molecule has 1 aromatic heterocycles. The molecular weight excluding hydrogens is 472 g/mol. The Labute approximate surface area is 205 Å². The lowest BCUT2D eigenvalue weighted by molar-refractivity contribution is 0.0570. The molecule has 5 rings (SSSR count). The number of benzene rings is 2. The van der Waals surface area contributed by atoms with Gasteiger partial charge in [-0.2, -0.15) is 0 Å². The van der Waals surface area contributed by atoms with E-state index < -0.39 is 0 Å². The molecule has 2 amide bonds. The number of ether oxygens (including phenoxy) is 3. The maximum Gasteiger partial charge on any atom is 0.409 e. The summed E-state index contributed by atoms with van der Waals surface area (Å²) in [4.78, 5) is 44.5. The maximum absolute atomic E-state index is 13.2. The Balaban J connectivity index is 1.35. The number of amides is 2. The molecule has 2 aromatic carbocycles. The van der Waals surface area contributed by atoms with Crippen LogP contribution in [-0.2, 0) is 11.3 Å². The van der Waals surface area contributed by atoms with Crippen molar-refractivity contribution in [3.05, 3.63) is 62.6 Å². The van der Waals surface area contributed by atoms with Gasteiger partial charge in [-0.05, 0) is 55.0 Å². The van der Waals surface area contributed by atoms with Crippen molar-refractivity contribution in [2.24, 2.45) is 0 Å². The van der Waals surface area contributed by atoms with Gasteiger partial charge in [-0.1, -0.05) is 6.07 Å². The highest BCUT2D eigenvalue weighted by molar-refractivity contribution is 7.71. The summed E-state index contributed by atoms with van der Waals surface area (Å²) in [5.41, 5.74) is 1.55. The molecule has 3 aromatic rings. The molecule has 0 atom stereocenters. The first-order chi connectivity index (χ1) is 16.9. The summed E-state index contributed by atoms with van der Waals surface area (Å²) >= 11 is 5.47. The van der Waals surface area contributed by atoms with E-state index >= 15 is 0 Å². The van der Waals surface area contributed by atoms with Gasteiger partial charge in [0, 0.05) is 31.7 Å². The lowest BCUT2D eigenvalue weighted by Crippen LogP contribution is -2.50. The Morgan fingerprint density at radius 2 is 1.77 bits per heavy atom. The molecule has 0 saturated carbocycles. The van der Waals surface area contributed by atoms with Crippen molar-refractivity contribution in [2.45, 2.75) is 13.5 Å². The van der Waals surface area contributed by atoms with Crippen molar-refractivity contribution in [1.82, 2.24) is 19.4 Å². The molecule has 0 spiro atoms. The zero-order chi connectivity index (χ0) is 24.5. The van der Waals surface area contributed by atoms with E-state index in [1.54, 1.807) is 41.0 Å². The molecule has 182 valence electrons. The highest BCUT2D eigenvalue weighted by atomic mass is 32.1. The number of nitrogens with zero attached hydrogens (tertiary/aromatic N) is 3. The number of aromatic nitrogens is 2. The molecule has 0 radical (unpaired) electrons. The van der Waals surface area contributed by atoms with Gasteiger partial charge in [0.25, 0.3) is 11.5 Å². The molecule has 1 saturated heterocycles. The van der Waals surface area contributed by atoms with E-state index in [0.717, 1.165) is 5.56 Å². The molecule has 0 aliphatic carbocycles. The normalized spacial score (nSPS) is 14.9. The second kappa shape index (κ2) is 9.41. The lowest BCUT2D eigenvalue weighted by Gasteiger charge is -2.34. The second-order valence-corrected chi connectivity index (χ2v) is 8.63. The zero-order valence-corrected chi connectivity index (χ0v) is 19.9. The molecule has 1 N–H and O–H groups in total. The Hall–Kier alpha value is -3.86. The van der Waals surface area contributed by atoms with E-state index in [2.05, 4.69) is 4.98 Å². The van der Waals surface area contributed by atoms with Crippen molar-refractivity contribution in [3.8, 4) is 11.5 Å². The van der Waals surface area contributed by atoms with E-state index in [1.165, 1.54) is 4.57 Å². The molecule has 1 fully saturated rings. The van der Waals surface area contributed by atoms with E-state index in [0.29, 0.717) is 60.8 Å². The van der Waals surface area contributed by atoms with Crippen LogP contribution in [0.3, 0.4) is 0 Å². The average molecular weight is 497 g/mol. The van der Waals surface area contributed by atoms with E-state index in [-0.39, 0.29) is 35.7 Å². The number of carbonyl (C=O) groups excluding carboxylic acids is 2. The summed E-state index contributed by atoms with van der Waals surface area (Å²) in [6, 6.07) is 10.4. The second-order valence-electron chi connectivity index (χ2n) is 8.25. The number of H-pyrrole nitrogens is 1. The largest absolute Gasteiger partial charge is 0.454 e. The van der Waals surface area contributed by atoms with Crippen molar-refractivity contribution in [3.63, 3.8) is 0 Å². The quantitative estimate of drug-likeness (QED) is 0.554. The van der Waals surface area contributed by atoms with Gasteiger partial charge < -0.3 is 29.0 Å². The van der Waals surface area contributed by atoms with Crippen LogP contribution in [-0.4, -0.2) is 70.9 Å². The number of rotatable bonds is 4. The predicted molar refractivity (Wildman–Crippen MR) is 130 cm³/mol. The third-order valence-corrected chi connectivity index (χ3v) is 6.42. The number of fused-ring (bicyclic) bond motifs is 2. The third-order valence-electron chi connectivity index (χ3n) is 6.10. The van der Waals surface area contributed by atoms with Gasteiger partial charge in [0.05, 0.1) is 24.1 Å². The standard InChI is InChI=1S/C24H24N4O6S/c1-2-32-24(31)27-9-7-26(8-10-27)21(29)16-4-5-17-18(12-16)25-23(35)28(22(17)30)13-15-3-6-19-20(11-15)34-14-33-19/h3-6,11-12H,2,7-10,13-14H2,1H3,(H,25,35). The minimum Gasteiger partial charge on any atom is -0.454 e. The van der Waals surface area contributed by atoms with Crippen LogP contribution in [0.5, 0.6) is 11.5 Å². The third kappa shape index (κ3) is 4.46. The Kier molecular flexibility index (Phi) is 6.16. The molecule has 0 unspecified atom stereocenters. The summed E-state index contributed by atoms with van der Waals surface area (Å²) in [6.45, 7) is 4.15. The smallest absolute Gasteiger partial charge is 0.409 e. The average Bonchev–Trinajstić information content (AvgIpc) is 3.34. The summed E-state index contributed by atoms with van der Waals surface area (Å²) < 4.78 is 17.5. The summed E-state index contributed by atoms with van der Waals surface area (Å²) in [5.74, 6) is 1.14. The van der Waals surface area contributed by atoms with Gasteiger partial charge >= 0.3 is 6.09 Å². The van der Waals surface area contributed by atoms with Crippen molar-refractivity contribution in [2.75, 3.05) is 39.6 Å². The zero-order valence-electron chi connectivity index (χ0n) is 19.1. The monoisotopic (exact) mass is 496 g/mol. The molecule has 3 heterocycles. The molecule has 35 heavy (non-hydrogen) atoms. The minimum atomic E-state index is -0.366. The number of hydrogen-bond acceptors (Lipinski definition) is 7. The van der Waals surface area contributed by atoms with Crippen molar-refractivity contribution in [1.29, 1.82) is 0 Å². The van der Waals surface area contributed by atoms with Gasteiger partial charge in [0.15, 0.2) is 16.3 Å². The molecule has 2 aliphatic heterocycles. The van der Waals surface area contributed by atoms with Gasteiger partial charge in [-0.15, -0.1) is 0 Å².